The summed E-state index contributed by atoms with van der Waals surface area (Å²) in [5.41, 5.74) is 0. The lowest BCUT2D eigenvalue weighted by Gasteiger charge is -2.15. The third-order valence-corrected chi connectivity index (χ3v) is 3.92. The van der Waals surface area contributed by atoms with Crippen LogP contribution < -0.4 is 0 Å². The van der Waals surface area contributed by atoms with Gasteiger partial charge in [-0.1, -0.05) is 6.07 Å². The Morgan fingerprint density at radius 2 is 2.31 bits per heavy atom. The topological polar surface area (TPSA) is 33.2 Å². The lowest BCUT2D eigenvalue weighted by molar-refractivity contribution is 0.0801. The molecule has 0 bridgehead atoms. The molecule has 0 spiro atoms. The maximum atomic E-state index is 11.9. The summed E-state index contributed by atoms with van der Waals surface area (Å²) in [5.74, 6) is 0.0894. The van der Waals surface area contributed by atoms with E-state index in [1.54, 1.807) is 22.4 Å². The minimum Gasteiger partial charge on any atom is -0.341 e. The molecule has 0 aliphatic carbocycles. The number of thiazole rings is 1. The van der Waals surface area contributed by atoms with E-state index in [0.29, 0.717) is 6.54 Å². The van der Waals surface area contributed by atoms with Gasteiger partial charge in [0.15, 0.2) is 0 Å². The van der Waals surface area contributed by atoms with E-state index in [0.717, 1.165) is 16.3 Å². The standard InChI is InChI=1S/C11H12N2OS2/c1-13(6-4-10-12-5-8-16-10)11(14)9-3-2-7-15-9/h2-3,5,7-8H,4,6H2,1H3. The van der Waals surface area contributed by atoms with Gasteiger partial charge in [-0.05, 0) is 11.4 Å². The second-order valence-electron chi connectivity index (χ2n) is 3.38. The first-order chi connectivity index (χ1) is 7.77. The molecule has 0 aliphatic heterocycles. The van der Waals surface area contributed by atoms with Crippen molar-refractivity contribution in [3.8, 4) is 0 Å². The monoisotopic (exact) mass is 252 g/mol. The molecule has 2 heterocycles. The second kappa shape index (κ2) is 5.23. The molecule has 0 fully saturated rings. The molecule has 0 atom stereocenters. The zero-order valence-corrected chi connectivity index (χ0v) is 10.6. The molecule has 0 aromatic carbocycles. The number of carbonyl (C=O) groups excluding carboxylic acids is 1. The van der Waals surface area contributed by atoms with Crippen molar-refractivity contribution in [3.05, 3.63) is 39.0 Å². The fraction of sp³-hybridized carbons (Fsp3) is 0.273. The van der Waals surface area contributed by atoms with Crippen molar-refractivity contribution in [1.82, 2.24) is 9.88 Å². The molecule has 0 saturated carbocycles. The SMILES string of the molecule is CN(CCc1nccs1)C(=O)c1cccs1. The Bertz CT molecular complexity index is 437. The summed E-state index contributed by atoms with van der Waals surface area (Å²) < 4.78 is 0. The van der Waals surface area contributed by atoms with E-state index in [2.05, 4.69) is 4.98 Å². The van der Waals surface area contributed by atoms with Crippen LogP contribution in [0, 0.1) is 0 Å². The van der Waals surface area contributed by atoms with Crippen LogP contribution in [0.25, 0.3) is 0 Å². The first-order valence-corrected chi connectivity index (χ1v) is 6.70. The van der Waals surface area contributed by atoms with Crippen LogP contribution in [0.4, 0.5) is 0 Å². The van der Waals surface area contributed by atoms with E-state index in [9.17, 15) is 4.79 Å². The highest BCUT2D eigenvalue weighted by Gasteiger charge is 2.12. The Morgan fingerprint density at radius 1 is 1.44 bits per heavy atom. The fourth-order valence-electron chi connectivity index (χ4n) is 1.33. The minimum atomic E-state index is 0.0894. The van der Waals surface area contributed by atoms with Gasteiger partial charge in [0.05, 0.1) is 9.88 Å². The summed E-state index contributed by atoms with van der Waals surface area (Å²) in [6, 6.07) is 3.75. The van der Waals surface area contributed by atoms with Gasteiger partial charge in [0.2, 0.25) is 0 Å². The van der Waals surface area contributed by atoms with E-state index in [1.807, 2.05) is 29.9 Å². The van der Waals surface area contributed by atoms with Gasteiger partial charge in [-0.3, -0.25) is 4.79 Å². The van der Waals surface area contributed by atoms with Crippen molar-refractivity contribution >= 4 is 28.6 Å². The first-order valence-electron chi connectivity index (χ1n) is 4.94. The summed E-state index contributed by atoms with van der Waals surface area (Å²) >= 11 is 3.11. The molecule has 0 aliphatic rings. The molecule has 1 amide bonds. The molecule has 5 heteroatoms. The highest BCUT2D eigenvalue weighted by molar-refractivity contribution is 7.12. The normalized spacial score (nSPS) is 10.3. The van der Waals surface area contributed by atoms with E-state index in [-0.39, 0.29) is 5.91 Å². The molecule has 2 aromatic heterocycles. The molecule has 0 saturated heterocycles. The Labute approximate surface area is 102 Å². The third-order valence-electron chi connectivity index (χ3n) is 2.22. The van der Waals surface area contributed by atoms with Crippen molar-refractivity contribution in [2.45, 2.75) is 6.42 Å². The highest BCUT2D eigenvalue weighted by Crippen LogP contribution is 2.12. The van der Waals surface area contributed by atoms with Gasteiger partial charge in [-0.25, -0.2) is 4.98 Å². The van der Waals surface area contributed by atoms with Crippen LogP contribution >= 0.6 is 22.7 Å². The van der Waals surface area contributed by atoms with E-state index in [4.69, 9.17) is 0 Å². The molecule has 16 heavy (non-hydrogen) atoms. The number of hydrogen-bond donors (Lipinski definition) is 0. The smallest absolute Gasteiger partial charge is 0.263 e. The highest BCUT2D eigenvalue weighted by atomic mass is 32.1. The van der Waals surface area contributed by atoms with Crippen molar-refractivity contribution in [3.63, 3.8) is 0 Å². The minimum absolute atomic E-state index is 0.0894. The zero-order valence-electron chi connectivity index (χ0n) is 8.92. The van der Waals surface area contributed by atoms with Crippen LogP contribution in [-0.2, 0) is 6.42 Å². The fourth-order valence-corrected chi connectivity index (χ4v) is 2.66. The quantitative estimate of drug-likeness (QED) is 0.837. The number of thiophene rings is 1. The molecule has 2 rings (SSSR count). The first kappa shape index (κ1) is 11.3. The van der Waals surface area contributed by atoms with Crippen LogP contribution in [-0.4, -0.2) is 29.4 Å². The average Bonchev–Trinajstić information content (AvgIpc) is 2.96. The zero-order chi connectivity index (χ0) is 11.4. The lowest BCUT2D eigenvalue weighted by Crippen LogP contribution is -2.28. The molecular formula is C11H12N2OS2. The molecule has 2 aromatic rings. The molecule has 3 nitrogen and oxygen atoms in total. The van der Waals surface area contributed by atoms with Gasteiger partial charge in [0.1, 0.15) is 0 Å². The van der Waals surface area contributed by atoms with Crippen LogP contribution in [0.5, 0.6) is 0 Å². The summed E-state index contributed by atoms with van der Waals surface area (Å²) in [4.78, 5) is 18.6. The Hall–Kier alpha value is -1.20. The van der Waals surface area contributed by atoms with Gasteiger partial charge < -0.3 is 4.90 Å². The van der Waals surface area contributed by atoms with Crippen molar-refractivity contribution in [2.75, 3.05) is 13.6 Å². The summed E-state index contributed by atoms with van der Waals surface area (Å²) in [5, 5.41) is 4.95. The Kier molecular flexibility index (Phi) is 3.69. The van der Waals surface area contributed by atoms with Gasteiger partial charge in [0, 0.05) is 31.6 Å². The molecule has 0 unspecified atom stereocenters. The second-order valence-corrected chi connectivity index (χ2v) is 5.31. The van der Waals surface area contributed by atoms with Crippen LogP contribution in [0.2, 0.25) is 0 Å². The maximum Gasteiger partial charge on any atom is 0.263 e. The number of carbonyl (C=O) groups is 1. The van der Waals surface area contributed by atoms with Gasteiger partial charge in [0.25, 0.3) is 5.91 Å². The number of hydrogen-bond acceptors (Lipinski definition) is 4. The predicted octanol–water partition coefficient (Wildman–Crippen LogP) is 2.52. The molecule has 0 N–H and O–H groups in total. The van der Waals surface area contributed by atoms with Gasteiger partial charge >= 0.3 is 0 Å². The number of rotatable bonds is 4. The van der Waals surface area contributed by atoms with E-state index >= 15 is 0 Å². The molecule has 84 valence electrons. The van der Waals surface area contributed by atoms with Crippen molar-refractivity contribution in [2.24, 2.45) is 0 Å². The van der Waals surface area contributed by atoms with Gasteiger partial charge in [-0.15, -0.1) is 22.7 Å². The third kappa shape index (κ3) is 2.68. The number of amides is 1. The number of likely N-dealkylation sites (N-methyl/N-ethyl adjacent to an activating group) is 1. The largest absolute Gasteiger partial charge is 0.341 e. The average molecular weight is 252 g/mol. The summed E-state index contributed by atoms with van der Waals surface area (Å²) in [6.07, 6.45) is 2.62. The predicted molar refractivity (Wildman–Crippen MR) is 67.1 cm³/mol. The molecular weight excluding hydrogens is 240 g/mol. The van der Waals surface area contributed by atoms with Crippen LogP contribution in [0.1, 0.15) is 14.7 Å². The van der Waals surface area contributed by atoms with Crippen molar-refractivity contribution in [1.29, 1.82) is 0 Å². The van der Waals surface area contributed by atoms with Gasteiger partial charge in [-0.2, -0.15) is 0 Å². The Morgan fingerprint density at radius 3 is 2.94 bits per heavy atom. The van der Waals surface area contributed by atoms with E-state index in [1.165, 1.54) is 11.3 Å². The summed E-state index contributed by atoms with van der Waals surface area (Å²) in [6.45, 7) is 0.713. The maximum absolute atomic E-state index is 11.9. The number of aromatic nitrogens is 1. The number of nitrogens with zero attached hydrogens (tertiary/aromatic N) is 2. The summed E-state index contributed by atoms with van der Waals surface area (Å²) in [7, 11) is 1.83. The van der Waals surface area contributed by atoms with Crippen molar-refractivity contribution < 1.29 is 4.79 Å². The molecule has 0 radical (unpaired) electrons. The van der Waals surface area contributed by atoms with Crippen LogP contribution in [0.3, 0.4) is 0 Å². The Balaban J connectivity index is 1.89. The lowest BCUT2D eigenvalue weighted by atomic mass is 10.3. The van der Waals surface area contributed by atoms with Crippen LogP contribution in [0.15, 0.2) is 29.1 Å². The van der Waals surface area contributed by atoms with E-state index < -0.39 is 0 Å².